The van der Waals surface area contributed by atoms with E-state index < -0.39 is 0 Å². The molecule has 0 aliphatic carbocycles. The third-order valence-electron chi connectivity index (χ3n) is 4.16. The standard InChI is InChI=1S/C19H19N5O3S/c1-13-6-7-14(2)15(11-13)26-12-17-20-21-18(27-17)28-10-9-24-19(25)23-8-4-3-5-16(23)22-24/h3-8,11H,9-10,12H2,1-2H3. The van der Waals surface area contributed by atoms with Crippen molar-refractivity contribution < 1.29 is 9.15 Å². The van der Waals surface area contributed by atoms with Gasteiger partial charge in [-0.15, -0.1) is 15.3 Å². The summed E-state index contributed by atoms with van der Waals surface area (Å²) in [4.78, 5) is 12.2. The molecule has 144 valence electrons. The van der Waals surface area contributed by atoms with Crippen LogP contribution < -0.4 is 10.4 Å². The van der Waals surface area contributed by atoms with Crippen molar-refractivity contribution in [2.75, 3.05) is 5.75 Å². The zero-order valence-corrected chi connectivity index (χ0v) is 16.3. The molecule has 28 heavy (non-hydrogen) atoms. The fourth-order valence-electron chi connectivity index (χ4n) is 2.69. The van der Waals surface area contributed by atoms with Crippen molar-refractivity contribution in [1.29, 1.82) is 0 Å². The molecule has 0 fully saturated rings. The van der Waals surface area contributed by atoms with Gasteiger partial charge in [-0.2, -0.15) is 0 Å². The van der Waals surface area contributed by atoms with Crippen molar-refractivity contribution in [3.05, 3.63) is 70.1 Å². The highest BCUT2D eigenvalue weighted by Crippen LogP contribution is 2.21. The van der Waals surface area contributed by atoms with Crippen molar-refractivity contribution in [1.82, 2.24) is 24.4 Å². The van der Waals surface area contributed by atoms with E-state index in [1.54, 1.807) is 18.3 Å². The van der Waals surface area contributed by atoms with Crippen LogP contribution in [-0.2, 0) is 13.2 Å². The average molecular weight is 397 g/mol. The van der Waals surface area contributed by atoms with Gasteiger partial charge in [0.2, 0.25) is 0 Å². The Morgan fingerprint density at radius 2 is 2.07 bits per heavy atom. The van der Waals surface area contributed by atoms with Crippen LogP contribution in [0.5, 0.6) is 5.75 Å². The molecule has 1 aromatic carbocycles. The predicted octanol–water partition coefficient (Wildman–Crippen LogP) is 2.87. The number of nitrogens with zero attached hydrogens (tertiary/aromatic N) is 5. The van der Waals surface area contributed by atoms with E-state index >= 15 is 0 Å². The second-order valence-electron chi connectivity index (χ2n) is 6.30. The Kier molecular flexibility index (Phi) is 5.16. The fourth-order valence-corrected chi connectivity index (χ4v) is 3.38. The number of pyridine rings is 1. The molecule has 0 aliphatic heterocycles. The number of aromatic nitrogens is 5. The normalized spacial score (nSPS) is 11.2. The summed E-state index contributed by atoms with van der Waals surface area (Å²) >= 11 is 1.38. The third kappa shape index (κ3) is 3.94. The van der Waals surface area contributed by atoms with Gasteiger partial charge in [0.05, 0.1) is 6.54 Å². The molecule has 0 bridgehead atoms. The lowest BCUT2D eigenvalue weighted by atomic mass is 10.1. The largest absolute Gasteiger partial charge is 0.484 e. The number of ether oxygens (including phenoxy) is 1. The summed E-state index contributed by atoms with van der Waals surface area (Å²) in [6.45, 7) is 4.67. The van der Waals surface area contributed by atoms with Gasteiger partial charge in [0.25, 0.3) is 11.1 Å². The van der Waals surface area contributed by atoms with Crippen LogP contribution in [-0.4, -0.2) is 30.1 Å². The van der Waals surface area contributed by atoms with Crippen molar-refractivity contribution in [2.45, 2.75) is 32.2 Å². The first-order valence-corrected chi connectivity index (χ1v) is 9.78. The third-order valence-corrected chi connectivity index (χ3v) is 4.96. The quantitative estimate of drug-likeness (QED) is 0.443. The van der Waals surface area contributed by atoms with Crippen LogP contribution in [0.1, 0.15) is 17.0 Å². The second kappa shape index (κ2) is 7.89. The van der Waals surface area contributed by atoms with Gasteiger partial charge in [0.15, 0.2) is 12.3 Å². The Bertz CT molecular complexity index is 1160. The Labute approximate surface area is 165 Å². The van der Waals surface area contributed by atoms with Gasteiger partial charge in [-0.1, -0.05) is 30.0 Å². The molecule has 0 saturated carbocycles. The van der Waals surface area contributed by atoms with Gasteiger partial charge in [0.1, 0.15) is 5.75 Å². The molecule has 0 spiro atoms. The Balaban J connectivity index is 1.32. The van der Waals surface area contributed by atoms with E-state index in [1.807, 2.05) is 38.1 Å². The molecule has 0 saturated heterocycles. The molecule has 0 aliphatic rings. The number of benzene rings is 1. The van der Waals surface area contributed by atoms with Gasteiger partial charge in [-0.25, -0.2) is 9.48 Å². The summed E-state index contributed by atoms with van der Waals surface area (Å²) < 4.78 is 14.3. The molecule has 0 radical (unpaired) electrons. The minimum Gasteiger partial charge on any atom is -0.484 e. The van der Waals surface area contributed by atoms with Crippen LogP contribution >= 0.6 is 11.8 Å². The number of thioether (sulfide) groups is 1. The maximum absolute atomic E-state index is 12.2. The van der Waals surface area contributed by atoms with Crippen molar-refractivity contribution in [3.8, 4) is 5.75 Å². The summed E-state index contributed by atoms with van der Waals surface area (Å²) in [5.74, 6) is 1.80. The van der Waals surface area contributed by atoms with Gasteiger partial charge >= 0.3 is 5.69 Å². The molecule has 4 aromatic rings. The molecular formula is C19H19N5O3S. The lowest BCUT2D eigenvalue weighted by Gasteiger charge is -2.07. The topological polar surface area (TPSA) is 87.5 Å². The first-order chi connectivity index (χ1) is 13.6. The van der Waals surface area contributed by atoms with E-state index in [-0.39, 0.29) is 12.3 Å². The maximum atomic E-state index is 12.2. The Hall–Kier alpha value is -3.07. The maximum Gasteiger partial charge on any atom is 0.350 e. The van der Waals surface area contributed by atoms with Crippen LogP contribution in [0.2, 0.25) is 0 Å². The van der Waals surface area contributed by atoms with E-state index in [2.05, 4.69) is 15.3 Å². The minimum absolute atomic E-state index is 0.163. The van der Waals surface area contributed by atoms with Crippen LogP contribution in [0.25, 0.3) is 5.65 Å². The first kappa shape index (κ1) is 18.3. The minimum atomic E-state index is -0.163. The second-order valence-corrected chi connectivity index (χ2v) is 7.35. The van der Waals surface area contributed by atoms with Crippen molar-refractivity contribution >= 4 is 17.4 Å². The highest BCUT2D eigenvalue weighted by atomic mass is 32.2. The number of aryl methyl sites for hydroxylation is 3. The number of rotatable bonds is 7. The molecule has 0 amide bonds. The summed E-state index contributed by atoms with van der Waals surface area (Å²) in [5, 5.41) is 12.8. The zero-order valence-electron chi connectivity index (χ0n) is 15.5. The summed E-state index contributed by atoms with van der Waals surface area (Å²) in [6, 6.07) is 11.5. The number of hydrogen-bond donors (Lipinski definition) is 0. The zero-order chi connectivity index (χ0) is 19.5. The first-order valence-electron chi connectivity index (χ1n) is 8.79. The molecule has 0 N–H and O–H groups in total. The summed E-state index contributed by atoms with van der Waals surface area (Å²) in [5.41, 5.74) is 2.65. The van der Waals surface area contributed by atoms with E-state index in [0.717, 1.165) is 16.9 Å². The average Bonchev–Trinajstić information content (AvgIpc) is 3.28. The summed E-state index contributed by atoms with van der Waals surface area (Å²) in [7, 11) is 0. The van der Waals surface area contributed by atoms with E-state index in [0.29, 0.717) is 29.1 Å². The number of fused-ring (bicyclic) bond motifs is 1. The predicted molar refractivity (Wildman–Crippen MR) is 105 cm³/mol. The van der Waals surface area contributed by atoms with Gasteiger partial charge < -0.3 is 9.15 Å². The van der Waals surface area contributed by atoms with Crippen LogP contribution in [0, 0.1) is 13.8 Å². The monoisotopic (exact) mass is 397 g/mol. The molecule has 9 heteroatoms. The van der Waals surface area contributed by atoms with Gasteiger partial charge in [-0.05, 0) is 43.2 Å². The van der Waals surface area contributed by atoms with Gasteiger partial charge in [-0.3, -0.25) is 4.40 Å². The molecule has 0 unspecified atom stereocenters. The molecule has 0 atom stereocenters. The van der Waals surface area contributed by atoms with E-state index in [4.69, 9.17) is 9.15 Å². The molecule has 8 nitrogen and oxygen atoms in total. The van der Waals surface area contributed by atoms with Gasteiger partial charge in [0, 0.05) is 11.9 Å². The Morgan fingerprint density at radius 1 is 1.18 bits per heavy atom. The van der Waals surface area contributed by atoms with Crippen molar-refractivity contribution in [3.63, 3.8) is 0 Å². The fraction of sp³-hybridized carbons (Fsp3) is 0.263. The SMILES string of the molecule is Cc1ccc(C)c(OCc2nnc(SCCn3nc4ccccn4c3=O)o2)c1. The van der Waals surface area contributed by atoms with Crippen molar-refractivity contribution in [2.24, 2.45) is 0 Å². The lowest BCUT2D eigenvalue weighted by Crippen LogP contribution is -2.21. The molecule has 4 rings (SSSR count). The molecule has 3 aromatic heterocycles. The van der Waals surface area contributed by atoms with Crippen LogP contribution in [0.15, 0.2) is 57.0 Å². The van der Waals surface area contributed by atoms with E-state index in [9.17, 15) is 4.79 Å². The highest BCUT2D eigenvalue weighted by molar-refractivity contribution is 7.99. The highest BCUT2D eigenvalue weighted by Gasteiger charge is 2.10. The molecule has 3 heterocycles. The Morgan fingerprint density at radius 3 is 2.93 bits per heavy atom. The number of hydrogen-bond acceptors (Lipinski definition) is 7. The smallest absolute Gasteiger partial charge is 0.350 e. The van der Waals surface area contributed by atoms with Crippen LogP contribution in [0.3, 0.4) is 0 Å². The summed E-state index contributed by atoms with van der Waals surface area (Å²) in [6.07, 6.45) is 1.70. The lowest BCUT2D eigenvalue weighted by molar-refractivity contribution is 0.250. The van der Waals surface area contributed by atoms with Crippen LogP contribution in [0.4, 0.5) is 0 Å². The molecular weight excluding hydrogens is 378 g/mol. The van der Waals surface area contributed by atoms with E-state index in [1.165, 1.54) is 20.8 Å².